The van der Waals surface area contributed by atoms with Crippen LogP contribution < -0.4 is 0 Å². The number of aromatic nitrogens is 3. The molecule has 2 heterocycles. The molecule has 0 N–H and O–H groups in total. The molecule has 0 atom stereocenters. The topological polar surface area (TPSA) is 43.9 Å². The average Bonchev–Trinajstić information content (AvgIpc) is 2.94. The van der Waals surface area contributed by atoms with Gasteiger partial charge in [-0.05, 0) is 39.0 Å². The maximum absolute atomic E-state index is 6.01. The Labute approximate surface area is 128 Å². The zero-order valence-corrected chi connectivity index (χ0v) is 13.0. The van der Waals surface area contributed by atoms with Gasteiger partial charge in [0.2, 0.25) is 5.89 Å². The van der Waals surface area contributed by atoms with Crippen LogP contribution in [-0.4, -0.2) is 14.5 Å². The summed E-state index contributed by atoms with van der Waals surface area (Å²) in [5.74, 6) is 2.38. The van der Waals surface area contributed by atoms with Gasteiger partial charge < -0.3 is 8.98 Å². The number of aryl methyl sites for hydroxylation is 3. The molecule has 0 saturated heterocycles. The van der Waals surface area contributed by atoms with E-state index in [9.17, 15) is 0 Å². The van der Waals surface area contributed by atoms with E-state index in [2.05, 4.69) is 14.5 Å². The third-order valence-corrected chi connectivity index (χ3v) is 3.62. The number of halogens is 1. The molecule has 0 radical (unpaired) electrons. The summed E-state index contributed by atoms with van der Waals surface area (Å²) in [6, 6.07) is 7.51. The van der Waals surface area contributed by atoms with E-state index in [1.54, 1.807) is 0 Å². The van der Waals surface area contributed by atoms with E-state index < -0.39 is 0 Å². The highest BCUT2D eigenvalue weighted by molar-refractivity contribution is 6.30. The fourth-order valence-electron chi connectivity index (χ4n) is 2.31. The highest BCUT2D eigenvalue weighted by Crippen LogP contribution is 2.24. The summed E-state index contributed by atoms with van der Waals surface area (Å²) < 4.78 is 7.84. The maximum Gasteiger partial charge on any atom is 0.226 e. The summed E-state index contributed by atoms with van der Waals surface area (Å²) in [6.07, 6.45) is 2.02. The molecular formula is C16H16ClN3O. The number of oxazole rings is 1. The van der Waals surface area contributed by atoms with Crippen LogP contribution in [0.15, 0.2) is 34.9 Å². The van der Waals surface area contributed by atoms with Crippen molar-refractivity contribution in [2.75, 3.05) is 0 Å². The second-order valence-corrected chi connectivity index (χ2v) is 5.53. The Balaban J connectivity index is 1.93. The van der Waals surface area contributed by atoms with Gasteiger partial charge in [-0.1, -0.05) is 17.7 Å². The van der Waals surface area contributed by atoms with E-state index in [1.807, 2.05) is 51.2 Å². The Bertz CT molecular complexity index is 789. The van der Waals surface area contributed by atoms with Crippen LogP contribution in [0, 0.1) is 20.8 Å². The van der Waals surface area contributed by atoms with Crippen molar-refractivity contribution in [3.05, 3.63) is 58.5 Å². The summed E-state index contributed by atoms with van der Waals surface area (Å²) in [4.78, 5) is 8.99. The lowest BCUT2D eigenvalue weighted by Crippen LogP contribution is -2.02. The smallest absolute Gasteiger partial charge is 0.226 e. The molecule has 0 aliphatic rings. The number of benzene rings is 1. The Morgan fingerprint density at radius 1 is 1.19 bits per heavy atom. The summed E-state index contributed by atoms with van der Waals surface area (Å²) in [5, 5.41) is 0.672. The molecule has 2 aromatic heterocycles. The SMILES string of the molecule is Cc1cn(Cc2nc(-c3cccc(Cl)c3)oc2C)c(C)n1. The van der Waals surface area contributed by atoms with Crippen molar-refractivity contribution in [3.63, 3.8) is 0 Å². The van der Waals surface area contributed by atoms with Gasteiger partial charge in [-0.2, -0.15) is 0 Å². The highest BCUT2D eigenvalue weighted by atomic mass is 35.5. The zero-order chi connectivity index (χ0) is 15.0. The van der Waals surface area contributed by atoms with Crippen LogP contribution in [0.4, 0.5) is 0 Å². The van der Waals surface area contributed by atoms with Gasteiger partial charge in [0.25, 0.3) is 0 Å². The lowest BCUT2D eigenvalue weighted by atomic mass is 10.2. The lowest BCUT2D eigenvalue weighted by Gasteiger charge is -2.01. The lowest BCUT2D eigenvalue weighted by molar-refractivity contribution is 0.537. The number of nitrogens with zero attached hydrogens (tertiary/aromatic N) is 3. The third kappa shape index (κ3) is 2.85. The second kappa shape index (κ2) is 5.37. The molecule has 21 heavy (non-hydrogen) atoms. The number of rotatable bonds is 3. The Hall–Kier alpha value is -2.07. The minimum atomic E-state index is 0.597. The van der Waals surface area contributed by atoms with E-state index in [-0.39, 0.29) is 0 Å². The second-order valence-electron chi connectivity index (χ2n) is 5.09. The molecule has 0 saturated carbocycles. The molecule has 3 rings (SSSR count). The van der Waals surface area contributed by atoms with Crippen molar-refractivity contribution in [3.8, 4) is 11.5 Å². The van der Waals surface area contributed by atoms with Crippen LogP contribution >= 0.6 is 11.6 Å². The van der Waals surface area contributed by atoms with Gasteiger partial charge in [0, 0.05) is 16.8 Å². The van der Waals surface area contributed by atoms with Gasteiger partial charge in [-0.25, -0.2) is 9.97 Å². The number of hydrogen-bond acceptors (Lipinski definition) is 3. The van der Waals surface area contributed by atoms with E-state index in [4.69, 9.17) is 16.0 Å². The van der Waals surface area contributed by atoms with Crippen LogP contribution in [0.3, 0.4) is 0 Å². The highest BCUT2D eigenvalue weighted by Gasteiger charge is 2.13. The quantitative estimate of drug-likeness (QED) is 0.729. The fourth-order valence-corrected chi connectivity index (χ4v) is 2.50. The molecule has 0 bridgehead atoms. The molecule has 1 aromatic carbocycles. The predicted molar refractivity (Wildman–Crippen MR) is 82.5 cm³/mol. The third-order valence-electron chi connectivity index (χ3n) is 3.38. The van der Waals surface area contributed by atoms with E-state index in [0.29, 0.717) is 17.5 Å². The van der Waals surface area contributed by atoms with Crippen LogP contribution in [0.1, 0.15) is 23.0 Å². The minimum absolute atomic E-state index is 0.597. The molecule has 3 aromatic rings. The van der Waals surface area contributed by atoms with Gasteiger partial charge in [-0.3, -0.25) is 0 Å². The van der Waals surface area contributed by atoms with Gasteiger partial charge in [0.15, 0.2) is 0 Å². The molecule has 5 heteroatoms. The molecule has 0 fully saturated rings. The minimum Gasteiger partial charge on any atom is -0.441 e. The van der Waals surface area contributed by atoms with Crippen molar-refractivity contribution in [1.29, 1.82) is 0 Å². The zero-order valence-electron chi connectivity index (χ0n) is 12.2. The van der Waals surface area contributed by atoms with Crippen LogP contribution in [0.5, 0.6) is 0 Å². The van der Waals surface area contributed by atoms with E-state index in [0.717, 1.165) is 28.5 Å². The summed E-state index contributed by atoms with van der Waals surface area (Å²) in [6.45, 7) is 6.55. The first-order valence-corrected chi connectivity index (χ1v) is 7.13. The number of imidazole rings is 1. The van der Waals surface area contributed by atoms with Crippen molar-refractivity contribution < 1.29 is 4.42 Å². The van der Waals surface area contributed by atoms with Crippen molar-refractivity contribution in [2.24, 2.45) is 0 Å². The first-order chi connectivity index (χ1) is 10.0. The summed E-state index contributed by atoms with van der Waals surface area (Å²) in [5.41, 5.74) is 2.80. The average molecular weight is 302 g/mol. The number of hydrogen-bond donors (Lipinski definition) is 0. The molecule has 0 unspecified atom stereocenters. The van der Waals surface area contributed by atoms with E-state index >= 15 is 0 Å². The molecule has 0 aliphatic heterocycles. The fraction of sp³-hybridized carbons (Fsp3) is 0.250. The molecule has 0 amide bonds. The molecular weight excluding hydrogens is 286 g/mol. The van der Waals surface area contributed by atoms with Gasteiger partial charge in [0.05, 0.1) is 12.2 Å². The van der Waals surface area contributed by atoms with Crippen molar-refractivity contribution >= 4 is 11.6 Å². The van der Waals surface area contributed by atoms with Crippen molar-refractivity contribution in [1.82, 2.24) is 14.5 Å². The van der Waals surface area contributed by atoms with Gasteiger partial charge in [0.1, 0.15) is 17.3 Å². The van der Waals surface area contributed by atoms with Crippen LogP contribution in [0.2, 0.25) is 5.02 Å². The standard InChI is InChI=1S/C16H16ClN3O/c1-10-8-20(12(3)18-10)9-15-11(2)21-16(19-15)13-5-4-6-14(17)7-13/h4-8H,9H2,1-3H3. The monoisotopic (exact) mass is 301 g/mol. The molecule has 4 nitrogen and oxygen atoms in total. The van der Waals surface area contributed by atoms with Gasteiger partial charge >= 0.3 is 0 Å². The molecule has 0 spiro atoms. The van der Waals surface area contributed by atoms with Gasteiger partial charge in [-0.15, -0.1) is 0 Å². The molecule has 0 aliphatic carbocycles. The van der Waals surface area contributed by atoms with E-state index in [1.165, 1.54) is 0 Å². The largest absolute Gasteiger partial charge is 0.441 e. The Morgan fingerprint density at radius 3 is 2.67 bits per heavy atom. The normalized spacial score (nSPS) is 11.0. The first-order valence-electron chi connectivity index (χ1n) is 6.75. The summed E-state index contributed by atoms with van der Waals surface area (Å²) in [7, 11) is 0. The Morgan fingerprint density at radius 2 is 2.00 bits per heavy atom. The predicted octanol–water partition coefficient (Wildman–Crippen LogP) is 4.17. The first kappa shape index (κ1) is 13.9. The van der Waals surface area contributed by atoms with Crippen LogP contribution in [-0.2, 0) is 6.54 Å². The summed E-state index contributed by atoms with van der Waals surface area (Å²) >= 11 is 6.01. The molecule has 108 valence electrons. The van der Waals surface area contributed by atoms with Crippen molar-refractivity contribution in [2.45, 2.75) is 27.3 Å². The maximum atomic E-state index is 6.01. The van der Waals surface area contributed by atoms with Crippen LogP contribution in [0.25, 0.3) is 11.5 Å². The Kier molecular flexibility index (Phi) is 3.55.